The molecule has 0 spiro atoms. The molecule has 0 unspecified atom stereocenters. The third-order valence-corrected chi connectivity index (χ3v) is 7.58. The van der Waals surface area contributed by atoms with Crippen LogP contribution in [-0.2, 0) is 16.4 Å². The van der Waals surface area contributed by atoms with E-state index >= 15 is 0 Å². The third-order valence-electron chi connectivity index (χ3n) is 4.47. The zero-order chi connectivity index (χ0) is 17.7. The van der Waals surface area contributed by atoms with Gasteiger partial charge in [0.15, 0.2) is 0 Å². The largest absolute Gasteiger partial charge is 0.367 e. The lowest BCUT2D eigenvalue weighted by molar-refractivity contribution is 0.603. The molecule has 7 heteroatoms. The molecule has 2 heterocycles. The highest BCUT2D eigenvalue weighted by molar-refractivity contribution is 7.94. The van der Waals surface area contributed by atoms with Gasteiger partial charge in [-0.15, -0.1) is 11.3 Å². The van der Waals surface area contributed by atoms with E-state index in [0.29, 0.717) is 15.9 Å². The molecular weight excluding hydrogens is 354 g/mol. The Hall–Kier alpha value is -1.60. The van der Waals surface area contributed by atoms with E-state index in [4.69, 9.17) is 0 Å². The number of hydrogen-bond acceptors (Lipinski definition) is 5. The number of nitrogens with zero attached hydrogens (tertiary/aromatic N) is 1. The molecule has 1 saturated carbocycles. The van der Waals surface area contributed by atoms with Crippen molar-refractivity contribution in [1.82, 2.24) is 4.98 Å². The number of thiophene rings is 1. The van der Waals surface area contributed by atoms with E-state index < -0.39 is 10.0 Å². The van der Waals surface area contributed by atoms with Crippen LogP contribution in [0.3, 0.4) is 0 Å². The van der Waals surface area contributed by atoms with E-state index in [1.54, 1.807) is 18.3 Å². The quantitative estimate of drug-likeness (QED) is 0.717. The van der Waals surface area contributed by atoms with Crippen LogP contribution in [0.2, 0.25) is 0 Å². The average molecular weight is 380 g/mol. The highest BCUT2D eigenvalue weighted by Gasteiger charge is 2.17. The van der Waals surface area contributed by atoms with Gasteiger partial charge in [0.2, 0.25) is 0 Å². The standard InChI is InChI=1S/C18H25N3O2S2/c1-2-16-10-12-18(24-16)25(22,23)21-15-9-11-17(19-13-15)20-14-7-5-3-4-6-8-14/h9-14,21H,2-8H2,1H3,(H,19,20). The first kappa shape index (κ1) is 18.2. The van der Waals surface area contributed by atoms with Crippen LogP contribution in [0.15, 0.2) is 34.7 Å². The normalized spacial score (nSPS) is 16.4. The van der Waals surface area contributed by atoms with Crippen LogP contribution in [0.25, 0.3) is 0 Å². The molecule has 1 aliphatic carbocycles. The molecule has 2 aromatic heterocycles. The molecule has 0 aromatic carbocycles. The third kappa shape index (κ3) is 4.95. The molecule has 1 aliphatic rings. The van der Waals surface area contributed by atoms with Gasteiger partial charge in [-0.05, 0) is 43.5 Å². The lowest BCUT2D eigenvalue weighted by atomic mass is 10.1. The first-order chi connectivity index (χ1) is 12.1. The van der Waals surface area contributed by atoms with Crippen molar-refractivity contribution in [1.29, 1.82) is 0 Å². The van der Waals surface area contributed by atoms with Crippen molar-refractivity contribution >= 4 is 32.9 Å². The first-order valence-electron chi connectivity index (χ1n) is 8.91. The maximum Gasteiger partial charge on any atom is 0.271 e. The number of sulfonamides is 1. The zero-order valence-corrected chi connectivity index (χ0v) is 16.1. The second kappa shape index (κ2) is 8.19. The highest BCUT2D eigenvalue weighted by Crippen LogP contribution is 2.25. The lowest BCUT2D eigenvalue weighted by Crippen LogP contribution is -2.19. The Morgan fingerprint density at radius 2 is 1.88 bits per heavy atom. The summed E-state index contributed by atoms with van der Waals surface area (Å²) in [7, 11) is -3.54. The van der Waals surface area contributed by atoms with Gasteiger partial charge in [0.1, 0.15) is 10.0 Å². The molecule has 136 valence electrons. The molecule has 0 radical (unpaired) electrons. The number of anilines is 2. The molecule has 0 amide bonds. The average Bonchev–Trinajstić information content (AvgIpc) is 2.96. The minimum absolute atomic E-state index is 0.338. The lowest BCUT2D eigenvalue weighted by Gasteiger charge is -2.17. The predicted octanol–water partition coefficient (Wildman–Crippen LogP) is 4.64. The van der Waals surface area contributed by atoms with Crippen molar-refractivity contribution in [3.63, 3.8) is 0 Å². The van der Waals surface area contributed by atoms with Gasteiger partial charge in [0.05, 0.1) is 11.9 Å². The smallest absolute Gasteiger partial charge is 0.271 e. The van der Waals surface area contributed by atoms with Crippen molar-refractivity contribution in [2.75, 3.05) is 10.0 Å². The van der Waals surface area contributed by atoms with E-state index in [9.17, 15) is 8.42 Å². The van der Waals surface area contributed by atoms with Crippen LogP contribution in [0.5, 0.6) is 0 Å². The van der Waals surface area contributed by atoms with Crippen molar-refractivity contribution < 1.29 is 8.42 Å². The van der Waals surface area contributed by atoms with E-state index in [2.05, 4.69) is 15.0 Å². The Labute approximate surface area is 153 Å². The number of aryl methyl sites for hydroxylation is 1. The van der Waals surface area contributed by atoms with E-state index in [1.165, 1.54) is 49.9 Å². The van der Waals surface area contributed by atoms with Crippen LogP contribution in [0, 0.1) is 0 Å². The number of aromatic nitrogens is 1. The maximum atomic E-state index is 12.4. The number of nitrogens with one attached hydrogen (secondary N) is 2. The Bertz CT molecular complexity index is 777. The number of hydrogen-bond donors (Lipinski definition) is 2. The molecule has 5 nitrogen and oxygen atoms in total. The van der Waals surface area contributed by atoms with Gasteiger partial charge in [0.25, 0.3) is 10.0 Å². The van der Waals surface area contributed by atoms with Crippen LogP contribution in [0.4, 0.5) is 11.5 Å². The zero-order valence-electron chi connectivity index (χ0n) is 14.5. The SMILES string of the molecule is CCc1ccc(S(=O)(=O)Nc2ccc(NC3CCCCCC3)nc2)s1. The first-order valence-corrected chi connectivity index (χ1v) is 11.2. The minimum atomic E-state index is -3.54. The molecule has 0 atom stereocenters. The number of pyridine rings is 1. The Balaban J connectivity index is 1.63. The number of rotatable bonds is 6. The fourth-order valence-corrected chi connectivity index (χ4v) is 5.41. The van der Waals surface area contributed by atoms with E-state index in [1.807, 2.05) is 19.1 Å². The maximum absolute atomic E-state index is 12.4. The monoisotopic (exact) mass is 379 g/mol. The van der Waals surface area contributed by atoms with Crippen molar-refractivity contribution in [2.24, 2.45) is 0 Å². The van der Waals surface area contributed by atoms with Crippen LogP contribution < -0.4 is 10.0 Å². The summed E-state index contributed by atoms with van der Waals surface area (Å²) in [5, 5.41) is 3.47. The summed E-state index contributed by atoms with van der Waals surface area (Å²) in [6.07, 6.45) is 9.91. The van der Waals surface area contributed by atoms with Gasteiger partial charge < -0.3 is 5.32 Å². The summed E-state index contributed by atoms with van der Waals surface area (Å²) >= 11 is 1.30. The predicted molar refractivity (Wildman–Crippen MR) is 104 cm³/mol. The summed E-state index contributed by atoms with van der Waals surface area (Å²) in [5.74, 6) is 0.805. The van der Waals surface area contributed by atoms with Crippen molar-refractivity contribution in [3.8, 4) is 0 Å². The van der Waals surface area contributed by atoms with E-state index in [0.717, 1.165) is 17.1 Å². The molecule has 0 aliphatic heterocycles. The molecule has 2 aromatic rings. The Morgan fingerprint density at radius 3 is 2.48 bits per heavy atom. The second-order valence-corrected chi connectivity index (χ2v) is 9.52. The van der Waals surface area contributed by atoms with Gasteiger partial charge in [-0.1, -0.05) is 32.6 Å². The molecule has 0 bridgehead atoms. The summed E-state index contributed by atoms with van der Waals surface area (Å²) < 4.78 is 27.8. The summed E-state index contributed by atoms with van der Waals surface area (Å²) in [6, 6.07) is 7.58. The summed E-state index contributed by atoms with van der Waals surface area (Å²) in [4.78, 5) is 5.42. The van der Waals surface area contributed by atoms with Crippen LogP contribution in [-0.4, -0.2) is 19.4 Å². The van der Waals surface area contributed by atoms with Crippen LogP contribution >= 0.6 is 11.3 Å². The van der Waals surface area contributed by atoms with Gasteiger partial charge in [-0.2, -0.15) is 0 Å². The molecule has 3 rings (SSSR count). The van der Waals surface area contributed by atoms with Gasteiger partial charge in [0, 0.05) is 10.9 Å². The van der Waals surface area contributed by atoms with Crippen molar-refractivity contribution in [2.45, 2.75) is 62.1 Å². The van der Waals surface area contributed by atoms with E-state index in [-0.39, 0.29) is 0 Å². The fraction of sp³-hybridized carbons (Fsp3) is 0.500. The van der Waals surface area contributed by atoms with Crippen LogP contribution in [0.1, 0.15) is 50.3 Å². The highest BCUT2D eigenvalue weighted by atomic mass is 32.2. The van der Waals surface area contributed by atoms with Gasteiger partial charge >= 0.3 is 0 Å². The molecule has 0 saturated heterocycles. The summed E-state index contributed by atoms with van der Waals surface area (Å²) in [6.45, 7) is 2.01. The fourth-order valence-electron chi connectivity index (χ4n) is 3.07. The van der Waals surface area contributed by atoms with Gasteiger partial charge in [-0.25, -0.2) is 13.4 Å². The molecule has 1 fully saturated rings. The topological polar surface area (TPSA) is 71.1 Å². The second-order valence-electron chi connectivity index (χ2n) is 6.44. The van der Waals surface area contributed by atoms with Gasteiger partial charge in [-0.3, -0.25) is 4.72 Å². The Morgan fingerprint density at radius 1 is 1.12 bits per heavy atom. The summed E-state index contributed by atoms with van der Waals surface area (Å²) in [5.41, 5.74) is 0.484. The molecule has 25 heavy (non-hydrogen) atoms. The Kier molecular flexibility index (Phi) is 5.96. The minimum Gasteiger partial charge on any atom is -0.367 e. The molecular formula is C18H25N3O2S2. The van der Waals surface area contributed by atoms with Crippen molar-refractivity contribution in [3.05, 3.63) is 35.3 Å². The molecule has 2 N–H and O–H groups in total.